The second-order valence-electron chi connectivity index (χ2n) is 4.02. The largest absolute Gasteiger partial charge is 0.370 e. The summed E-state index contributed by atoms with van der Waals surface area (Å²) in [5.41, 5.74) is 1.84. The summed E-state index contributed by atoms with van der Waals surface area (Å²) in [6.45, 7) is 0. The van der Waals surface area contributed by atoms with Crippen LogP contribution in [-0.2, 0) is 6.42 Å². The van der Waals surface area contributed by atoms with Crippen molar-refractivity contribution >= 4 is 5.69 Å². The standard InChI is InChI=1S/C15H13FN2/c16-13-6-8-14(9-7-13)18-15(11-17)10-12-4-2-1-3-5-12/h1-9,15,18H,10H2. The van der Waals surface area contributed by atoms with E-state index in [-0.39, 0.29) is 11.9 Å². The van der Waals surface area contributed by atoms with Crippen LogP contribution in [0.15, 0.2) is 54.6 Å². The predicted molar refractivity (Wildman–Crippen MR) is 69.6 cm³/mol. The van der Waals surface area contributed by atoms with E-state index >= 15 is 0 Å². The van der Waals surface area contributed by atoms with Gasteiger partial charge in [-0.3, -0.25) is 0 Å². The fraction of sp³-hybridized carbons (Fsp3) is 0.133. The van der Waals surface area contributed by atoms with Crippen molar-refractivity contribution in [2.75, 3.05) is 5.32 Å². The van der Waals surface area contributed by atoms with E-state index in [0.29, 0.717) is 6.42 Å². The first-order valence-corrected chi connectivity index (χ1v) is 5.73. The van der Waals surface area contributed by atoms with Gasteiger partial charge in [0, 0.05) is 12.1 Å². The Morgan fingerprint density at radius 2 is 1.72 bits per heavy atom. The SMILES string of the molecule is N#CC(Cc1ccccc1)Nc1ccc(F)cc1. The van der Waals surface area contributed by atoms with Crippen LogP contribution in [0.1, 0.15) is 5.56 Å². The molecule has 2 nitrogen and oxygen atoms in total. The zero-order valence-corrected chi connectivity index (χ0v) is 9.81. The van der Waals surface area contributed by atoms with Crippen LogP contribution in [0.25, 0.3) is 0 Å². The summed E-state index contributed by atoms with van der Waals surface area (Å²) in [5, 5.41) is 12.2. The zero-order chi connectivity index (χ0) is 12.8. The van der Waals surface area contributed by atoms with Gasteiger partial charge in [0.2, 0.25) is 0 Å². The lowest BCUT2D eigenvalue weighted by Gasteiger charge is -2.12. The monoisotopic (exact) mass is 240 g/mol. The Kier molecular flexibility index (Phi) is 3.93. The van der Waals surface area contributed by atoms with Gasteiger partial charge in [0.15, 0.2) is 0 Å². The third kappa shape index (κ3) is 3.33. The number of rotatable bonds is 4. The first-order valence-electron chi connectivity index (χ1n) is 5.73. The molecule has 0 radical (unpaired) electrons. The van der Waals surface area contributed by atoms with Crippen LogP contribution in [0.2, 0.25) is 0 Å². The minimum atomic E-state index is -0.321. The molecule has 0 heterocycles. The summed E-state index contributed by atoms with van der Waals surface area (Å²) < 4.78 is 12.8. The highest BCUT2D eigenvalue weighted by Crippen LogP contribution is 2.12. The lowest BCUT2D eigenvalue weighted by molar-refractivity contribution is 0.628. The molecule has 18 heavy (non-hydrogen) atoms. The minimum absolute atomic E-state index is 0.280. The highest BCUT2D eigenvalue weighted by Gasteiger charge is 2.07. The fourth-order valence-electron chi connectivity index (χ4n) is 1.73. The topological polar surface area (TPSA) is 35.8 Å². The molecule has 2 aromatic rings. The molecule has 1 atom stereocenters. The first-order chi connectivity index (χ1) is 8.78. The first kappa shape index (κ1) is 12.1. The van der Waals surface area contributed by atoms with E-state index in [1.165, 1.54) is 12.1 Å². The molecule has 0 aromatic heterocycles. The number of hydrogen-bond donors (Lipinski definition) is 1. The number of nitrogens with one attached hydrogen (secondary N) is 1. The molecule has 3 heteroatoms. The third-order valence-corrected chi connectivity index (χ3v) is 2.62. The predicted octanol–water partition coefficient (Wildman–Crippen LogP) is 3.37. The Labute approximate surface area is 106 Å². The number of benzene rings is 2. The van der Waals surface area contributed by atoms with Crippen LogP contribution in [0, 0.1) is 17.1 Å². The molecule has 0 bridgehead atoms. The molecule has 0 spiro atoms. The van der Waals surface area contributed by atoms with Crippen molar-refractivity contribution in [3.05, 3.63) is 66.0 Å². The number of halogens is 1. The van der Waals surface area contributed by atoms with Gasteiger partial charge in [0.25, 0.3) is 0 Å². The van der Waals surface area contributed by atoms with Gasteiger partial charge >= 0.3 is 0 Å². The number of nitrogens with zero attached hydrogens (tertiary/aromatic N) is 1. The van der Waals surface area contributed by atoms with Crippen LogP contribution >= 0.6 is 0 Å². The lowest BCUT2D eigenvalue weighted by atomic mass is 10.1. The highest BCUT2D eigenvalue weighted by molar-refractivity contribution is 5.45. The van der Waals surface area contributed by atoms with Gasteiger partial charge in [0.05, 0.1) is 6.07 Å². The van der Waals surface area contributed by atoms with Crippen LogP contribution in [0.4, 0.5) is 10.1 Å². The summed E-state index contributed by atoms with van der Waals surface area (Å²) in [6.07, 6.45) is 0.620. The normalized spacial score (nSPS) is 11.6. The average Bonchev–Trinajstić information content (AvgIpc) is 2.41. The number of hydrogen-bond acceptors (Lipinski definition) is 2. The summed E-state index contributed by atoms with van der Waals surface area (Å²) in [6, 6.07) is 17.7. The summed E-state index contributed by atoms with van der Waals surface area (Å²) in [5.74, 6) is -0.280. The van der Waals surface area contributed by atoms with Gasteiger partial charge in [-0.25, -0.2) is 4.39 Å². The Hall–Kier alpha value is -2.34. The Morgan fingerprint density at radius 1 is 1.06 bits per heavy atom. The third-order valence-electron chi connectivity index (χ3n) is 2.62. The molecular weight excluding hydrogens is 227 g/mol. The second kappa shape index (κ2) is 5.83. The Balaban J connectivity index is 2.02. The van der Waals surface area contributed by atoms with Crippen molar-refractivity contribution in [2.45, 2.75) is 12.5 Å². The molecule has 0 amide bonds. The zero-order valence-electron chi connectivity index (χ0n) is 9.81. The van der Waals surface area contributed by atoms with Gasteiger partial charge in [-0.1, -0.05) is 30.3 Å². The summed E-state index contributed by atoms with van der Waals surface area (Å²) in [7, 11) is 0. The molecule has 0 fully saturated rings. The van der Waals surface area contributed by atoms with E-state index < -0.39 is 0 Å². The van der Waals surface area contributed by atoms with Gasteiger partial charge in [-0.05, 0) is 29.8 Å². The van der Waals surface area contributed by atoms with E-state index in [1.807, 2.05) is 30.3 Å². The van der Waals surface area contributed by atoms with Crippen LogP contribution in [0.3, 0.4) is 0 Å². The maximum Gasteiger partial charge on any atom is 0.123 e. The minimum Gasteiger partial charge on any atom is -0.370 e. The van der Waals surface area contributed by atoms with E-state index in [4.69, 9.17) is 5.26 Å². The van der Waals surface area contributed by atoms with Crippen LogP contribution < -0.4 is 5.32 Å². The second-order valence-corrected chi connectivity index (χ2v) is 4.02. The van der Waals surface area contributed by atoms with Crippen LogP contribution in [-0.4, -0.2) is 6.04 Å². The summed E-state index contributed by atoms with van der Waals surface area (Å²) in [4.78, 5) is 0. The molecule has 2 rings (SSSR count). The lowest BCUT2D eigenvalue weighted by Crippen LogP contribution is -2.20. The summed E-state index contributed by atoms with van der Waals surface area (Å²) >= 11 is 0. The molecule has 0 saturated heterocycles. The van der Waals surface area contributed by atoms with Gasteiger partial charge in [0.1, 0.15) is 11.9 Å². The molecule has 0 saturated carbocycles. The van der Waals surface area contributed by atoms with E-state index in [0.717, 1.165) is 11.3 Å². The van der Waals surface area contributed by atoms with Gasteiger partial charge < -0.3 is 5.32 Å². The Bertz CT molecular complexity index is 529. The average molecular weight is 240 g/mol. The van der Waals surface area contributed by atoms with Crippen molar-refractivity contribution in [3.63, 3.8) is 0 Å². The Morgan fingerprint density at radius 3 is 2.33 bits per heavy atom. The highest BCUT2D eigenvalue weighted by atomic mass is 19.1. The molecular formula is C15H13FN2. The number of nitriles is 1. The molecule has 0 aliphatic carbocycles. The molecule has 1 unspecified atom stereocenters. The van der Waals surface area contributed by atoms with Crippen molar-refractivity contribution in [1.82, 2.24) is 0 Å². The molecule has 90 valence electrons. The fourth-order valence-corrected chi connectivity index (χ4v) is 1.73. The maximum atomic E-state index is 12.8. The molecule has 1 N–H and O–H groups in total. The van der Waals surface area contributed by atoms with Gasteiger partial charge in [-0.2, -0.15) is 5.26 Å². The van der Waals surface area contributed by atoms with Crippen LogP contribution in [0.5, 0.6) is 0 Å². The van der Waals surface area contributed by atoms with Gasteiger partial charge in [-0.15, -0.1) is 0 Å². The quantitative estimate of drug-likeness (QED) is 0.889. The van der Waals surface area contributed by atoms with E-state index in [2.05, 4.69) is 11.4 Å². The number of anilines is 1. The van der Waals surface area contributed by atoms with Crippen molar-refractivity contribution in [2.24, 2.45) is 0 Å². The van der Waals surface area contributed by atoms with E-state index in [9.17, 15) is 4.39 Å². The van der Waals surface area contributed by atoms with Crippen molar-refractivity contribution in [3.8, 4) is 6.07 Å². The molecule has 2 aromatic carbocycles. The molecule has 0 aliphatic heterocycles. The smallest absolute Gasteiger partial charge is 0.123 e. The van der Waals surface area contributed by atoms with E-state index in [1.54, 1.807) is 12.1 Å². The van der Waals surface area contributed by atoms with Crippen molar-refractivity contribution in [1.29, 1.82) is 5.26 Å². The maximum absolute atomic E-state index is 12.8. The van der Waals surface area contributed by atoms with Crippen molar-refractivity contribution < 1.29 is 4.39 Å². The molecule has 0 aliphatic rings.